The van der Waals surface area contributed by atoms with Gasteiger partial charge >= 0.3 is 0 Å². The van der Waals surface area contributed by atoms with Gasteiger partial charge in [0.05, 0.1) is 5.75 Å². The van der Waals surface area contributed by atoms with E-state index in [-0.39, 0.29) is 47.6 Å². The van der Waals surface area contributed by atoms with Crippen molar-refractivity contribution in [1.82, 2.24) is 0 Å². The number of aryl methyl sites for hydroxylation is 1. The molecule has 1 radical (unpaired) electrons. The molecule has 1 rings (SSSR count). The molecule has 0 N–H and O–H groups in total. The SMILES string of the molecule is C.[CH2-]Oc1ccc(CC)cc1.[CH3-].[Y]. The van der Waals surface area contributed by atoms with E-state index < -0.39 is 0 Å². The van der Waals surface area contributed by atoms with Gasteiger partial charge in [-0.1, -0.05) is 26.5 Å². The molecule has 0 atom stereocenters. The number of benzene rings is 1. The van der Waals surface area contributed by atoms with Gasteiger partial charge in [-0.2, -0.15) is 7.11 Å². The summed E-state index contributed by atoms with van der Waals surface area (Å²) in [5.74, 6) is 0.817. The van der Waals surface area contributed by atoms with Crippen molar-refractivity contribution in [2.75, 3.05) is 0 Å². The number of hydrogen-bond donors (Lipinski definition) is 0. The summed E-state index contributed by atoms with van der Waals surface area (Å²) in [4.78, 5) is 0. The van der Waals surface area contributed by atoms with Crippen LogP contribution in [0.3, 0.4) is 0 Å². The summed E-state index contributed by atoms with van der Waals surface area (Å²) in [6, 6.07) is 7.93. The van der Waals surface area contributed by atoms with Crippen molar-refractivity contribution in [3.8, 4) is 5.75 Å². The predicted octanol–water partition coefficient (Wildman–Crippen LogP) is 3.50. The van der Waals surface area contributed by atoms with Gasteiger partial charge in [0, 0.05) is 32.7 Å². The molecule has 1 aromatic carbocycles. The van der Waals surface area contributed by atoms with Gasteiger partial charge < -0.3 is 12.2 Å². The van der Waals surface area contributed by atoms with Gasteiger partial charge in [0.2, 0.25) is 0 Å². The minimum Gasteiger partial charge on any atom is -0.665 e. The zero-order valence-corrected chi connectivity index (χ0v) is 10.5. The first-order valence-corrected chi connectivity index (χ1v) is 3.37. The number of rotatable bonds is 2. The van der Waals surface area contributed by atoms with E-state index in [4.69, 9.17) is 4.74 Å². The smallest absolute Gasteiger partial charge is 0.0843 e. The van der Waals surface area contributed by atoms with Crippen LogP contribution in [0.15, 0.2) is 24.3 Å². The minimum atomic E-state index is 0. The molecule has 0 aliphatic carbocycles. The minimum absolute atomic E-state index is 0. The van der Waals surface area contributed by atoms with Crippen molar-refractivity contribution >= 4 is 0 Å². The maximum Gasteiger partial charge on any atom is 0.0843 e. The molecular formula is C11H18OY-2. The maximum absolute atomic E-state index is 4.76. The Balaban J connectivity index is -0.000000333. The van der Waals surface area contributed by atoms with E-state index in [1.165, 1.54) is 5.56 Å². The first kappa shape index (κ1) is 18.8. The van der Waals surface area contributed by atoms with Gasteiger partial charge in [-0.3, -0.25) is 0 Å². The van der Waals surface area contributed by atoms with Gasteiger partial charge in [-0.25, -0.2) is 0 Å². The summed E-state index contributed by atoms with van der Waals surface area (Å²) < 4.78 is 4.76. The molecule has 0 saturated heterocycles. The van der Waals surface area contributed by atoms with E-state index >= 15 is 0 Å². The molecule has 1 nitrogen and oxygen atoms in total. The third kappa shape index (κ3) is 6.23. The molecule has 73 valence electrons. The summed E-state index contributed by atoms with van der Waals surface area (Å²) in [7, 11) is 3.31. The molecule has 2 heteroatoms. The van der Waals surface area contributed by atoms with Crippen LogP contribution in [0.25, 0.3) is 0 Å². The summed E-state index contributed by atoms with van der Waals surface area (Å²) in [6.45, 7) is 2.13. The van der Waals surface area contributed by atoms with Crippen molar-refractivity contribution in [3.05, 3.63) is 44.4 Å². The fraction of sp³-hybridized carbons (Fsp3) is 0.273. The normalized spacial score (nSPS) is 7.23. The van der Waals surface area contributed by atoms with Crippen molar-refractivity contribution in [3.63, 3.8) is 0 Å². The molecule has 1 aromatic rings. The van der Waals surface area contributed by atoms with Gasteiger partial charge in [0.1, 0.15) is 0 Å². The molecule has 0 heterocycles. The molecule has 0 aliphatic heterocycles. The van der Waals surface area contributed by atoms with Crippen LogP contribution in [0, 0.1) is 14.5 Å². The molecule has 0 unspecified atom stereocenters. The van der Waals surface area contributed by atoms with Crippen molar-refractivity contribution < 1.29 is 37.4 Å². The summed E-state index contributed by atoms with van der Waals surface area (Å²) in [5.41, 5.74) is 1.32. The van der Waals surface area contributed by atoms with E-state index in [9.17, 15) is 0 Å². The van der Waals surface area contributed by atoms with E-state index in [1.54, 1.807) is 0 Å². The van der Waals surface area contributed by atoms with Crippen molar-refractivity contribution in [2.24, 2.45) is 0 Å². The zero-order valence-electron chi connectivity index (χ0n) is 7.71. The van der Waals surface area contributed by atoms with Crippen molar-refractivity contribution in [1.29, 1.82) is 0 Å². The van der Waals surface area contributed by atoms with Gasteiger partial charge in [-0.05, 0) is 24.1 Å². The average molecular weight is 255 g/mol. The molecule has 0 aliphatic rings. The fourth-order valence-electron chi connectivity index (χ4n) is 0.821. The van der Waals surface area contributed by atoms with Crippen LogP contribution in [-0.4, -0.2) is 0 Å². The Morgan fingerprint density at radius 1 is 1.23 bits per heavy atom. The second-order valence-electron chi connectivity index (χ2n) is 2.14. The van der Waals surface area contributed by atoms with Crippen LogP contribution in [0.4, 0.5) is 0 Å². The summed E-state index contributed by atoms with van der Waals surface area (Å²) in [6.07, 6.45) is 1.07. The van der Waals surface area contributed by atoms with Gasteiger partial charge in [-0.15, -0.1) is 0 Å². The molecule has 0 bridgehead atoms. The number of hydrogen-bond acceptors (Lipinski definition) is 1. The quantitative estimate of drug-likeness (QED) is 0.735. The third-order valence-electron chi connectivity index (χ3n) is 1.50. The van der Waals surface area contributed by atoms with Gasteiger partial charge in [0.25, 0.3) is 0 Å². The van der Waals surface area contributed by atoms with E-state index in [0.29, 0.717) is 0 Å². The Morgan fingerprint density at radius 2 is 1.69 bits per heavy atom. The Kier molecular flexibility index (Phi) is 14.8. The van der Waals surface area contributed by atoms with E-state index in [2.05, 4.69) is 14.0 Å². The van der Waals surface area contributed by atoms with Crippen LogP contribution < -0.4 is 4.74 Å². The largest absolute Gasteiger partial charge is 0.665 e. The Hall–Kier alpha value is 0.124. The summed E-state index contributed by atoms with van der Waals surface area (Å²) in [5, 5.41) is 0. The third-order valence-corrected chi connectivity index (χ3v) is 1.50. The molecule has 0 spiro atoms. The monoisotopic (exact) mass is 255 g/mol. The predicted molar refractivity (Wildman–Crippen MR) is 55.0 cm³/mol. The molecule has 13 heavy (non-hydrogen) atoms. The standard InChI is InChI=1S/C9H11O.CH4.CH3.Y/c1-3-8-4-6-9(10-2)7-5-8;;;/h4-7H,2-3H2,1H3;1H4;1H3;/q-1;;-1;. The van der Waals surface area contributed by atoms with Crippen LogP contribution in [0.2, 0.25) is 0 Å². The molecule has 0 aromatic heterocycles. The maximum atomic E-state index is 4.76. The van der Waals surface area contributed by atoms with Gasteiger partial charge in [0.15, 0.2) is 0 Å². The summed E-state index contributed by atoms with van der Waals surface area (Å²) >= 11 is 0. The number of ether oxygens (including phenoxy) is 1. The van der Waals surface area contributed by atoms with E-state index in [1.807, 2.05) is 24.3 Å². The second-order valence-corrected chi connectivity index (χ2v) is 2.14. The zero-order chi connectivity index (χ0) is 7.40. The molecular weight excluding hydrogens is 237 g/mol. The Bertz CT molecular complexity index is 171. The first-order chi connectivity index (χ1) is 4.86. The van der Waals surface area contributed by atoms with Crippen LogP contribution in [0.5, 0.6) is 5.75 Å². The Labute approximate surface area is 108 Å². The van der Waals surface area contributed by atoms with Crippen molar-refractivity contribution in [2.45, 2.75) is 20.8 Å². The second kappa shape index (κ2) is 10.2. The molecule has 0 saturated carbocycles. The fourth-order valence-corrected chi connectivity index (χ4v) is 0.821. The Morgan fingerprint density at radius 3 is 2.00 bits per heavy atom. The molecule has 0 amide bonds. The van der Waals surface area contributed by atoms with Crippen LogP contribution in [-0.2, 0) is 39.1 Å². The van der Waals surface area contributed by atoms with Crippen LogP contribution >= 0.6 is 0 Å². The molecule has 0 fully saturated rings. The average Bonchev–Trinajstić information content (AvgIpc) is 2.05. The first-order valence-electron chi connectivity index (χ1n) is 3.37. The van der Waals surface area contributed by atoms with E-state index in [0.717, 1.165) is 12.2 Å². The van der Waals surface area contributed by atoms with Crippen LogP contribution in [0.1, 0.15) is 19.9 Å². The topological polar surface area (TPSA) is 9.23 Å².